The highest BCUT2D eigenvalue weighted by molar-refractivity contribution is 5.40. The van der Waals surface area contributed by atoms with Gasteiger partial charge < -0.3 is 4.74 Å². The Morgan fingerprint density at radius 2 is 2.00 bits per heavy atom. The maximum Gasteiger partial charge on any atom is 0.122 e. The minimum Gasteiger partial charge on any atom is -0.493 e. The Kier molecular flexibility index (Phi) is 3.62. The summed E-state index contributed by atoms with van der Waals surface area (Å²) in [6, 6.07) is 6.42. The summed E-state index contributed by atoms with van der Waals surface area (Å²) in [4.78, 5) is 10.9. The average molecular weight is 257 g/mol. The van der Waals surface area contributed by atoms with E-state index in [1.165, 1.54) is 23.1 Å². The van der Waals surface area contributed by atoms with E-state index in [4.69, 9.17) is 4.74 Å². The summed E-state index contributed by atoms with van der Waals surface area (Å²) in [6.07, 6.45) is 7.22. The minimum atomic E-state index is 0.792. The monoisotopic (exact) mass is 257 g/mol. The number of ether oxygens (including phenoxy) is 1. The molecule has 0 atom stereocenters. The van der Waals surface area contributed by atoms with E-state index in [0.717, 1.165) is 56.6 Å². The number of hydrogen-bond donors (Lipinski definition) is 0. The van der Waals surface area contributed by atoms with E-state index in [1.54, 1.807) is 0 Å². The fourth-order valence-corrected chi connectivity index (χ4v) is 3.02. The van der Waals surface area contributed by atoms with Gasteiger partial charge in [0.25, 0.3) is 0 Å². The van der Waals surface area contributed by atoms with Crippen molar-refractivity contribution >= 4 is 0 Å². The first kappa shape index (κ1) is 12.4. The highest BCUT2D eigenvalue weighted by atomic mass is 16.5. The molecule has 0 bridgehead atoms. The second-order valence-corrected chi connectivity index (χ2v) is 5.42. The Hall–Kier alpha value is -1.64. The van der Waals surface area contributed by atoms with Crippen molar-refractivity contribution < 1.29 is 4.74 Å². The molecule has 1 aliphatic carbocycles. The van der Waals surface area contributed by atoms with Crippen LogP contribution >= 0.6 is 0 Å². The molecule has 0 amide bonds. The fraction of sp³-hybridized carbons (Fsp3) is 0.500. The first-order valence-corrected chi connectivity index (χ1v) is 7.15. The lowest BCUT2D eigenvalue weighted by molar-refractivity contribution is 0.288. The summed E-state index contributed by atoms with van der Waals surface area (Å²) in [5.74, 6) is 1.03. The second kappa shape index (κ2) is 5.55. The smallest absolute Gasteiger partial charge is 0.122 e. The number of nitroso groups, excluding NO2 is 1. The Labute approximate surface area is 113 Å². The van der Waals surface area contributed by atoms with Crippen molar-refractivity contribution in [2.45, 2.75) is 44.9 Å². The van der Waals surface area contributed by atoms with Gasteiger partial charge in [0.2, 0.25) is 0 Å². The standard InChI is InChI=1S/C16H19NO2/c18-17-15-6-2-1-4-13(15)10-12-7-8-16-14(11-12)5-3-9-19-16/h7-8,11H,1-6,9-10H2. The van der Waals surface area contributed by atoms with Gasteiger partial charge in [-0.2, -0.15) is 0 Å². The van der Waals surface area contributed by atoms with Crippen LogP contribution < -0.4 is 4.74 Å². The Morgan fingerprint density at radius 1 is 1.11 bits per heavy atom. The van der Waals surface area contributed by atoms with Crippen LogP contribution in [0.2, 0.25) is 0 Å². The number of fused-ring (bicyclic) bond motifs is 1. The molecular weight excluding hydrogens is 238 g/mol. The normalized spacial score (nSPS) is 18.7. The predicted octanol–water partition coefficient (Wildman–Crippen LogP) is 4.15. The van der Waals surface area contributed by atoms with E-state index in [1.807, 2.05) is 0 Å². The highest BCUT2D eigenvalue weighted by Gasteiger charge is 2.15. The lowest BCUT2D eigenvalue weighted by Gasteiger charge is -2.19. The number of allylic oxidation sites excluding steroid dienone is 2. The third-order valence-electron chi connectivity index (χ3n) is 4.05. The zero-order chi connectivity index (χ0) is 13.1. The Morgan fingerprint density at radius 3 is 2.89 bits per heavy atom. The topological polar surface area (TPSA) is 38.7 Å². The molecule has 3 rings (SSSR count). The van der Waals surface area contributed by atoms with Gasteiger partial charge in [0, 0.05) is 0 Å². The van der Waals surface area contributed by atoms with E-state index >= 15 is 0 Å². The van der Waals surface area contributed by atoms with E-state index in [-0.39, 0.29) is 0 Å². The number of hydrogen-bond acceptors (Lipinski definition) is 3. The molecule has 0 aromatic heterocycles. The van der Waals surface area contributed by atoms with Crippen LogP contribution in [0.15, 0.2) is 34.6 Å². The van der Waals surface area contributed by atoms with Gasteiger partial charge in [-0.1, -0.05) is 12.1 Å². The molecule has 1 aromatic carbocycles. The molecule has 0 saturated heterocycles. The lowest BCUT2D eigenvalue weighted by Crippen LogP contribution is -2.09. The molecule has 0 radical (unpaired) electrons. The van der Waals surface area contributed by atoms with Crippen molar-refractivity contribution in [3.63, 3.8) is 0 Å². The van der Waals surface area contributed by atoms with Crippen LogP contribution in [0.3, 0.4) is 0 Å². The van der Waals surface area contributed by atoms with Gasteiger partial charge in [-0.3, -0.25) is 0 Å². The summed E-state index contributed by atoms with van der Waals surface area (Å²) < 4.78 is 5.63. The van der Waals surface area contributed by atoms with Crippen molar-refractivity contribution in [1.29, 1.82) is 0 Å². The molecular formula is C16H19NO2. The summed E-state index contributed by atoms with van der Waals surface area (Å²) >= 11 is 0. The summed E-state index contributed by atoms with van der Waals surface area (Å²) in [5, 5.41) is 3.22. The van der Waals surface area contributed by atoms with Crippen LogP contribution in [0.25, 0.3) is 0 Å². The van der Waals surface area contributed by atoms with E-state index < -0.39 is 0 Å². The van der Waals surface area contributed by atoms with Crippen LogP contribution in [0.1, 0.15) is 43.2 Å². The molecule has 0 spiro atoms. The van der Waals surface area contributed by atoms with Crippen molar-refractivity contribution in [2.75, 3.05) is 6.61 Å². The van der Waals surface area contributed by atoms with Crippen LogP contribution in [0, 0.1) is 4.91 Å². The number of nitrogens with zero attached hydrogens (tertiary/aromatic N) is 1. The summed E-state index contributed by atoms with van der Waals surface area (Å²) in [7, 11) is 0. The van der Waals surface area contributed by atoms with Gasteiger partial charge in [0.1, 0.15) is 5.75 Å². The predicted molar refractivity (Wildman–Crippen MR) is 75.3 cm³/mol. The first-order valence-electron chi connectivity index (χ1n) is 7.15. The van der Waals surface area contributed by atoms with E-state index in [0.29, 0.717) is 0 Å². The molecule has 19 heavy (non-hydrogen) atoms. The van der Waals surface area contributed by atoms with Crippen molar-refractivity contribution in [3.8, 4) is 5.75 Å². The Bertz CT molecular complexity index is 519. The first-order chi connectivity index (χ1) is 9.36. The molecule has 1 aliphatic heterocycles. The molecule has 1 heterocycles. The van der Waals surface area contributed by atoms with Crippen molar-refractivity contribution in [3.05, 3.63) is 45.5 Å². The maximum absolute atomic E-state index is 10.9. The molecule has 3 nitrogen and oxygen atoms in total. The SMILES string of the molecule is O=NC1=C(Cc2ccc3c(c2)CCCO3)CCCC1. The number of aryl methyl sites for hydroxylation is 1. The van der Waals surface area contributed by atoms with Crippen LogP contribution in [0.5, 0.6) is 5.75 Å². The quantitative estimate of drug-likeness (QED) is 0.763. The van der Waals surface area contributed by atoms with Crippen LogP contribution in [-0.2, 0) is 12.8 Å². The molecule has 100 valence electrons. The van der Waals surface area contributed by atoms with Crippen LogP contribution in [0.4, 0.5) is 0 Å². The molecule has 0 saturated carbocycles. The average Bonchev–Trinajstić information content (AvgIpc) is 2.48. The highest BCUT2D eigenvalue weighted by Crippen LogP contribution is 2.30. The summed E-state index contributed by atoms with van der Waals surface area (Å²) in [5.41, 5.74) is 4.61. The Balaban J connectivity index is 1.83. The molecule has 1 aromatic rings. The van der Waals surface area contributed by atoms with Gasteiger partial charge in [0.15, 0.2) is 0 Å². The number of benzene rings is 1. The molecule has 2 aliphatic rings. The van der Waals surface area contributed by atoms with Gasteiger partial charge in [-0.05, 0) is 72.9 Å². The number of rotatable bonds is 3. The van der Waals surface area contributed by atoms with Gasteiger partial charge in [-0.15, -0.1) is 4.91 Å². The zero-order valence-electron chi connectivity index (χ0n) is 11.2. The van der Waals surface area contributed by atoms with Gasteiger partial charge >= 0.3 is 0 Å². The molecule has 0 N–H and O–H groups in total. The third-order valence-corrected chi connectivity index (χ3v) is 4.05. The van der Waals surface area contributed by atoms with Crippen molar-refractivity contribution in [2.24, 2.45) is 5.18 Å². The fourth-order valence-electron chi connectivity index (χ4n) is 3.02. The van der Waals surface area contributed by atoms with E-state index in [2.05, 4.69) is 23.4 Å². The summed E-state index contributed by atoms with van der Waals surface area (Å²) in [6.45, 7) is 0.830. The van der Waals surface area contributed by atoms with Gasteiger partial charge in [0.05, 0.1) is 12.3 Å². The van der Waals surface area contributed by atoms with Crippen molar-refractivity contribution in [1.82, 2.24) is 0 Å². The van der Waals surface area contributed by atoms with Gasteiger partial charge in [-0.25, -0.2) is 0 Å². The molecule has 3 heteroatoms. The minimum absolute atomic E-state index is 0.792. The second-order valence-electron chi connectivity index (χ2n) is 5.42. The lowest BCUT2D eigenvalue weighted by atomic mass is 9.91. The largest absolute Gasteiger partial charge is 0.493 e. The molecule has 0 unspecified atom stereocenters. The molecule has 0 fully saturated rings. The van der Waals surface area contributed by atoms with E-state index in [9.17, 15) is 4.91 Å². The third kappa shape index (κ3) is 2.70. The van der Waals surface area contributed by atoms with Crippen LogP contribution in [-0.4, -0.2) is 6.61 Å². The zero-order valence-corrected chi connectivity index (χ0v) is 11.2. The maximum atomic E-state index is 10.9.